The molecule has 2 aliphatic rings. The minimum absolute atomic E-state index is 0.112. The highest BCUT2D eigenvalue weighted by atomic mass is 16.3. The van der Waals surface area contributed by atoms with Crippen molar-refractivity contribution in [2.24, 2.45) is 0 Å². The predicted octanol–water partition coefficient (Wildman–Crippen LogP) is -0.0548. The molecule has 1 saturated heterocycles. The molecule has 2 N–H and O–H groups in total. The number of rotatable bonds is 4. The lowest BCUT2D eigenvalue weighted by atomic mass is 9.93. The molecule has 1 aliphatic carbocycles. The summed E-state index contributed by atoms with van der Waals surface area (Å²) in [6, 6.07) is 0.112. The zero-order valence-electron chi connectivity index (χ0n) is 10.9. The van der Waals surface area contributed by atoms with E-state index >= 15 is 0 Å². The van der Waals surface area contributed by atoms with Crippen molar-refractivity contribution >= 4 is 17.7 Å². The molecule has 2 fully saturated rings. The lowest BCUT2D eigenvalue weighted by Crippen LogP contribution is -2.40. The van der Waals surface area contributed by atoms with Gasteiger partial charge in [-0.2, -0.15) is 0 Å². The molecule has 0 aromatic carbocycles. The zero-order valence-corrected chi connectivity index (χ0v) is 10.9. The third kappa shape index (κ3) is 3.76. The minimum Gasteiger partial charge on any atom is -0.393 e. The van der Waals surface area contributed by atoms with Gasteiger partial charge in [0.25, 0.3) is 0 Å². The van der Waals surface area contributed by atoms with Crippen LogP contribution in [0.2, 0.25) is 0 Å². The van der Waals surface area contributed by atoms with Crippen molar-refractivity contribution in [3.63, 3.8) is 0 Å². The molecular formula is C13H20N2O4. The van der Waals surface area contributed by atoms with Crippen LogP contribution in [-0.4, -0.2) is 46.4 Å². The van der Waals surface area contributed by atoms with E-state index in [1.807, 2.05) is 0 Å². The number of carbonyl (C=O) groups is 3. The number of hydrogen-bond acceptors (Lipinski definition) is 4. The summed E-state index contributed by atoms with van der Waals surface area (Å²) >= 11 is 0. The van der Waals surface area contributed by atoms with E-state index in [1.165, 1.54) is 4.90 Å². The van der Waals surface area contributed by atoms with Gasteiger partial charge in [0.1, 0.15) is 0 Å². The Bertz CT molecular complexity index is 359. The number of amides is 3. The van der Waals surface area contributed by atoms with Gasteiger partial charge < -0.3 is 10.4 Å². The van der Waals surface area contributed by atoms with E-state index in [2.05, 4.69) is 5.32 Å². The van der Waals surface area contributed by atoms with E-state index in [1.54, 1.807) is 0 Å². The predicted molar refractivity (Wildman–Crippen MR) is 67.0 cm³/mol. The third-order valence-electron chi connectivity index (χ3n) is 3.78. The SMILES string of the molecule is O=C(CCN1C(=O)CCC1=O)NC1CCC(O)CC1. The van der Waals surface area contributed by atoms with Crippen molar-refractivity contribution in [1.82, 2.24) is 10.2 Å². The van der Waals surface area contributed by atoms with E-state index < -0.39 is 0 Å². The molecule has 2 rings (SSSR count). The minimum atomic E-state index is -0.243. The summed E-state index contributed by atoms with van der Waals surface area (Å²) in [7, 11) is 0. The van der Waals surface area contributed by atoms with Crippen LogP contribution in [0.3, 0.4) is 0 Å². The Balaban J connectivity index is 1.70. The summed E-state index contributed by atoms with van der Waals surface area (Å²) in [6.45, 7) is 0.179. The van der Waals surface area contributed by atoms with E-state index in [0.717, 1.165) is 12.8 Å². The van der Waals surface area contributed by atoms with Crippen LogP contribution in [0, 0.1) is 0 Å². The second-order valence-electron chi connectivity index (χ2n) is 5.26. The van der Waals surface area contributed by atoms with Gasteiger partial charge in [-0.25, -0.2) is 0 Å². The first-order chi connectivity index (χ1) is 9.06. The molecule has 1 heterocycles. The highest BCUT2D eigenvalue weighted by Crippen LogP contribution is 2.18. The largest absolute Gasteiger partial charge is 0.393 e. The first-order valence-corrected chi connectivity index (χ1v) is 6.87. The molecule has 0 atom stereocenters. The van der Waals surface area contributed by atoms with Crippen molar-refractivity contribution in [3.8, 4) is 0 Å². The van der Waals surface area contributed by atoms with E-state index in [-0.39, 0.29) is 55.7 Å². The fraction of sp³-hybridized carbons (Fsp3) is 0.769. The fourth-order valence-corrected chi connectivity index (χ4v) is 2.61. The lowest BCUT2D eigenvalue weighted by molar-refractivity contribution is -0.138. The van der Waals surface area contributed by atoms with Crippen LogP contribution in [0.5, 0.6) is 0 Å². The summed E-state index contributed by atoms with van der Waals surface area (Å²) in [4.78, 5) is 35.6. The van der Waals surface area contributed by atoms with Crippen LogP contribution >= 0.6 is 0 Å². The summed E-state index contributed by atoms with van der Waals surface area (Å²) in [5, 5.41) is 12.3. The number of imide groups is 1. The van der Waals surface area contributed by atoms with Crippen molar-refractivity contribution in [1.29, 1.82) is 0 Å². The number of carbonyl (C=O) groups excluding carboxylic acids is 3. The normalized spacial score (nSPS) is 27.7. The Kier molecular flexibility index (Phi) is 4.52. The van der Waals surface area contributed by atoms with E-state index in [0.29, 0.717) is 12.8 Å². The average Bonchev–Trinajstić information content (AvgIpc) is 2.70. The van der Waals surface area contributed by atoms with E-state index in [4.69, 9.17) is 0 Å². The molecule has 19 heavy (non-hydrogen) atoms. The van der Waals surface area contributed by atoms with Gasteiger partial charge in [-0.15, -0.1) is 0 Å². The van der Waals surface area contributed by atoms with Gasteiger partial charge in [-0.05, 0) is 25.7 Å². The zero-order chi connectivity index (χ0) is 13.8. The molecule has 0 spiro atoms. The Morgan fingerprint density at radius 1 is 1.16 bits per heavy atom. The van der Waals surface area contributed by atoms with Gasteiger partial charge in [-0.3, -0.25) is 19.3 Å². The van der Waals surface area contributed by atoms with Crippen molar-refractivity contribution < 1.29 is 19.5 Å². The van der Waals surface area contributed by atoms with Crippen molar-refractivity contribution in [3.05, 3.63) is 0 Å². The first-order valence-electron chi connectivity index (χ1n) is 6.87. The summed E-state index contributed by atoms with van der Waals surface area (Å²) < 4.78 is 0. The lowest BCUT2D eigenvalue weighted by Gasteiger charge is -2.26. The third-order valence-corrected chi connectivity index (χ3v) is 3.78. The number of nitrogens with zero attached hydrogens (tertiary/aromatic N) is 1. The molecule has 106 valence electrons. The average molecular weight is 268 g/mol. The highest BCUT2D eigenvalue weighted by Gasteiger charge is 2.29. The molecule has 0 radical (unpaired) electrons. The van der Waals surface area contributed by atoms with Gasteiger partial charge in [0.05, 0.1) is 6.10 Å². The smallest absolute Gasteiger partial charge is 0.229 e. The maximum Gasteiger partial charge on any atom is 0.229 e. The number of hydrogen-bond donors (Lipinski definition) is 2. The topological polar surface area (TPSA) is 86.7 Å². The van der Waals surface area contributed by atoms with Crippen LogP contribution in [0.15, 0.2) is 0 Å². The van der Waals surface area contributed by atoms with Gasteiger partial charge in [-0.1, -0.05) is 0 Å². The Morgan fingerprint density at radius 2 is 1.74 bits per heavy atom. The molecule has 3 amide bonds. The second kappa shape index (κ2) is 6.14. The molecule has 6 heteroatoms. The number of likely N-dealkylation sites (tertiary alicyclic amines) is 1. The molecular weight excluding hydrogens is 248 g/mol. The molecule has 0 aromatic heterocycles. The maximum absolute atomic E-state index is 11.7. The molecule has 0 unspecified atom stereocenters. The Labute approximate surface area is 112 Å². The number of aliphatic hydroxyl groups is 1. The molecule has 1 saturated carbocycles. The van der Waals surface area contributed by atoms with Crippen LogP contribution < -0.4 is 5.32 Å². The Hall–Kier alpha value is -1.43. The van der Waals surface area contributed by atoms with Crippen molar-refractivity contribution in [2.75, 3.05) is 6.54 Å². The summed E-state index contributed by atoms with van der Waals surface area (Å²) in [5.74, 6) is -0.494. The van der Waals surface area contributed by atoms with Crippen LogP contribution in [0.4, 0.5) is 0 Å². The second-order valence-corrected chi connectivity index (χ2v) is 5.26. The molecule has 6 nitrogen and oxygen atoms in total. The maximum atomic E-state index is 11.7. The standard InChI is InChI=1S/C13H20N2O4/c16-10-3-1-9(2-4-10)14-11(17)7-8-15-12(18)5-6-13(15)19/h9-10,16H,1-8H2,(H,14,17). The molecule has 1 aliphatic heterocycles. The molecule has 0 aromatic rings. The number of nitrogens with one attached hydrogen (secondary N) is 1. The van der Waals surface area contributed by atoms with Gasteiger partial charge >= 0.3 is 0 Å². The van der Waals surface area contributed by atoms with Crippen LogP contribution in [0.25, 0.3) is 0 Å². The highest BCUT2D eigenvalue weighted by molar-refractivity contribution is 6.02. The van der Waals surface area contributed by atoms with Crippen LogP contribution in [0.1, 0.15) is 44.9 Å². The first kappa shape index (κ1) is 14.0. The molecule has 0 bridgehead atoms. The van der Waals surface area contributed by atoms with Gasteiger partial charge in [0.15, 0.2) is 0 Å². The van der Waals surface area contributed by atoms with Gasteiger partial charge in [0.2, 0.25) is 17.7 Å². The fourth-order valence-electron chi connectivity index (χ4n) is 2.61. The van der Waals surface area contributed by atoms with E-state index in [9.17, 15) is 19.5 Å². The van der Waals surface area contributed by atoms with Gasteiger partial charge in [0, 0.05) is 31.8 Å². The summed E-state index contributed by atoms with van der Waals surface area (Å²) in [6.07, 6.45) is 3.46. The Morgan fingerprint density at radius 3 is 2.32 bits per heavy atom. The quantitative estimate of drug-likeness (QED) is 0.700. The van der Waals surface area contributed by atoms with Crippen LogP contribution in [-0.2, 0) is 14.4 Å². The number of aliphatic hydroxyl groups excluding tert-OH is 1. The monoisotopic (exact) mass is 268 g/mol. The van der Waals surface area contributed by atoms with Crippen molar-refractivity contribution in [2.45, 2.75) is 57.1 Å². The summed E-state index contributed by atoms with van der Waals surface area (Å²) in [5.41, 5.74) is 0.